The Morgan fingerprint density at radius 1 is 1.26 bits per heavy atom. The van der Waals surface area contributed by atoms with Gasteiger partial charge in [0.15, 0.2) is 0 Å². The van der Waals surface area contributed by atoms with Gasteiger partial charge in [-0.3, -0.25) is 0 Å². The van der Waals surface area contributed by atoms with Gasteiger partial charge in [-0.1, -0.05) is 75.5 Å². The second-order valence-electron chi connectivity index (χ2n) is 9.07. The quantitative estimate of drug-likeness (QED) is 0.223. The standard InChI is InChI=1S/C29H44FN/c1-11-22(7)24(9)29(30)28(18-27(20(4)5)23(8)12-2)25(10)31(13-3)19-26-16-14-21(6)15-17-26/h11,14-16,23,26-27H,4,9-10,12-13,17-19H2,1-3,5-8H3/b22-11-,29-28-. The van der Waals surface area contributed by atoms with Crippen molar-refractivity contribution in [2.75, 3.05) is 13.1 Å². The number of hydrogen-bond donors (Lipinski definition) is 0. The van der Waals surface area contributed by atoms with E-state index in [2.05, 4.69) is 77.5 Å². The van der Waals surface area contributed by atoms with Gasteiger partial charge in [0.1, 0.15) is 5.83 Å². The molecule has 0 amide bonds. The summed E-state index contributed by atoms with van der Waals surface area (Å²) in [6.07, 6.45) is 11.3. The molecular formula is C29H44FN. The Labute approximate surface area is 191 Å². The van der Waals surface area contributed by atoms with E-state index >= 15 is 4.39 Å². The third-order valence-electron chi connectivity index (χ3n) is 6.77. The molecule has 0 radical (unpaired) electrons. The minimum absolute atomic E-state index is 0.208. The van der Waals surface area contributed by atoms with Crippen molar-refractivity contribution in [3.05, 3.63) is 83.4 Å². The zero-order valence-corrected chi connectivity index (χ0v) is 21.0. The van der Waals surface area contributed by atoms with E-state index in [1.807, 2.05) is 19.9 Å². The Morgan fingerprint density at radius 3 is 2.35 bits per heavy atom. The highest BCUT2D eigenvalue weighted by molar-refractivity contribution is 5.47. The summed E-state index contributed by atoms with van der Waals surface area (Å²) in [4.78, 5) is 2.22. The van der Waals surface area contributed by atoms with Crippen LogP contribution in [0, 0.1) is 17.8 Å². The largest absolute Gasteiger partial charge is 0.371 e. The summed E-state index contributed by atoms with van der Waals surface area (Å²) in [5.41, 5.74) is 5.17. The minimum Gasteiger partial charge on any atom is -0.371 e. The first-order chi connectivity index (χ1) is 14.6. The number of likely N-dealkylation sites (N-methyl/N-ethyl adjacent to an activating group) is 1. The second kappa shape index (κ2) is 12.7. The van der Waals surface area contributed by atoms with Crippen LogP contribution >= 0.6 is 0 Å². The lowest BCUT2D eigenvalue weighted by Crippen LogP contribution is -2.30. The van der Waals surface area contributed by atoms with Crippen LogP contribution in [0.15, 0.2) is 83.4 Å². The number of hydrogen-bond acceptors (Lipinski definition) is 1. The molecule has 2 heteroatoms. The van der Waals surface area contributed by atoms with Crippen molar-refractivity contribution < 1.29 is 4.39 Å². The molecule has 0 fully saturated rings. The fourth-order valence-electron chi connectivity index (χ4n) is 4.04. The summed E-state index contributed by atoms with van der Waals surface area (Å²) in [5, 5.41) is 0. The third kappa shape index (κ3) is 7.52. The van der Waals surface area contributed by atoms with Gasteiger partial charge in [0.05, 0.1) is 0 Å². The van der Waals surface area contributed by atoms with Crippen LogP contribution in [-0.2, 0) is 0 Å². The topological polar surface area (TPSA) is 3.24 Å². The summed E-state index contributed by atoms with van der Waals surface area (Å²) in [7, 11) is 0. The molecule has 0 spiro atoms. The Balaban J connectivity index is 3.33. The van der Waals surface area contributed by atoms with Gasteiger partial charge in [-0.2, -0.15) is 0 Å². The van der Waals surface area contributed by atoms with Crippen LogP contribution in [0.25, 0.3) is 0 Å². The normalized spacial score (nSPS) is 19.3. The van der Waals surface area contributed by atoms with Crippen LogP contribution in [0.1, 0.15) is 67.7 Å². The van der Waals surface area contributed by atoms with E-state index in [4.69, 9.17) is 0 Å². The van der Waals surface area contributed by atoms with Crippen molar-refractivity contribution in [1.82, 2.24) is 4.90 Å². The average molecular weight is 426 g/mol. The molecule has 0 saturated heterocycles. The van der Waals surface area contributed by atoms with Crippen molar-refractivity contribution in [3.8, 4) is 0 Å². The van der Waals surface area contributed by atoms with E-state index in [1.54, 1.807) is 0 Å². The lowest BCUT2D eigenvalue weighted by Gasteiger charge is -2.33. The highest BCUT2D eigenvalue weighted by Crippen LogP contribution is 2.37. The molecule has 3 unspecified atom stereocenters. The fourth-order valence-corrected chi connectivity index (χ4v) is 4.04. The van der Waals surface area contributed by atoms with E-state index < -0.39 is 0 Å². The maximum atomic E-state index is 15.9. The zero-order valence-electron chi connectivity index (χ0n) is 21.0. The highest BCUT2D eigenvalue weighted by Gasteiger charge is 2.26. The first kappa shape index (κ1) is 26.9. The summed E-state index contributed by atoms with van der Waals surface area (Å²) >= 11 is 0. The Bertz CT molecular complexity index is 790. The maximum absolute atomic E-state index is 15.9. The van der Waals surface area contributed by atoms with Gasteiger partial charge in [0.2, 0.25) is 0 Å². The van der Waals surface area contributed by atoms with Gasteiger partial charge in [-0.15, -0.1) is 0 Å². The van der Waals surface area contributed by atoms with Gasteiger partial charge < -0.3 is 4.90 Å². The van der Waals surface area contributed by atoms with Crippen molar-refractivity contribution in [3.63, 3.8) is 0 Å². The molecule has 1 rings (SSSR count). The lowest BCUT2D eigenvalue weighted by atomic mass is 9.80. The molecule has 0 N–H and O–H groups in total. The van der Waals surface area contributed by atoms with Crippen LogP contribution in [-0.4, -0.2) is 18.0 Å². The van der Waals surface area contributed by atoms with E-state index in [9.17, 15) is 0 Å². The first-order valence-corrected chi connectivity index (χ1v) is 11.7. The summed E-state index contributed by atoms with van der Waals surface area (Å²) in [6.45, 7) is 28.8. The molecule has 1 aliphatic rings. The van der Waals surface area contributed by atoms with Gasteiger partial charge >= 0.3 is 0 Å². The monoisotopic (exact) mass is 425 g/mol. The molecule has 0 aromatic rings. The fraction of sp³-hybridized carbons (Fsp3) is 0.517. The molecule has 1 nitrogen and oxygen atoms in total. The average Bonchev–Trinajstić information content (AvgIpc) is 2.76. The van der Waals surface area contributed by atoms with E-state index in [0.717, 1.165) is 42.8 Å². The SMILES string of the molecule is C=C(/C(C)=C\C)/C(F)=C(\CC(C(=C)C)C(C)CC)C(=C)N(CC)CC1C=CC(C)=CC1. The summed E-state index contributed by atoms with van der Waals surface area (Å²) < 4.78 is 15.9. The van der Waals surface area contributed by atoms with Crippen LogP contribution in [0.5, 0.6) is 0 Å². The summed E-state index contributed by atoms with van der Waals surface area (Å²) in [5.74, 6) is 0.814. The van der Waals surface area contributed by atoms with E-state index in [-0.39, 0.29) is 11.7 Å². The van der Waals surface area contributed by atoms with E-state index in [1.165, 1.54) is 5.57 Å². The lowest BCUT2D eigenvalue weighted by molar-refractivity contribution is 0.318. The zero-order chi connectivity index (χ0) is 23.7. The number of allylic oxidation sites excluding steroid dienone is 9. The number of rotatable bonds is 12. The van der Waals surface area contributed by atoms with Crippen molar-refractivity contribution in [1.29, 1.82) is 0 Å². The van der Waals surface area contributed by atoms with Crippen molar-refractivity contribution in [2.24, 2.45) is 17.8 Å². The third-order valence-corrected chi connectivity index (χ3v) is 6.77. The molecule has 0 aliphatic heterocycles. The Kier molecular flexibility index (Phi) is 11.0. The van der Waals surface area contributed by atoms with Crippen molar-refractivity contribution in [2.45, 2.75) is 67.7 Å². The molecule has 0 bridgehead atoms. The molecule has 0 saturated carbocycles. The van der Waals surface area contributed by atoms with Gasteiger partial charge in [-0.25, -0.2) is 4.39 Å². The molecule has 172 valence electrons. The van der Waals surface area contributed by atoms with Crippen LogP contribution in [0.2, 0.25) is 0 Å². The second-order valence-corrected chi connectivity index (χ2v) is 9.07. The smallest absolute Gasteiger partial charge is 0.135 e. The molecule has 3 atom stereocenters. The van der Waals surface area contributed by atoms with Gasteiger partial charge in [0, 0.05) is 29.9 Å². The molecule has 31 heavy (non-hydrogen) atoms. The highest BCUT2D eigenvalue weighted by atomic mass is 19.1. The summed E-state index contributed by atoms with van der Waals surface area (Å²) in [6, 6.07) is 0. The molecule has 0 aromatic carbocycles. The van der Waals surface area contributed by atoms with Crippen LogP contribution < -0.4 is 0 Å². The molecule has 0 heterocycles. The van der Waals surface area contributed by atoms with Gasteiger partial charge in [0.25, 0.3) is 0 Å². The molecular weight excluding hydrogens is 381 g/mol. The first-order valence-electron chi connectivity index (χ1n) is 11.7. The van der Waals surface area contributed by atoms with Gasteiger partial charge in [-0.05, 0) is 70.8 Å². The molecule has 0 aromatic heterocycles. The van der Waals surface area contributed by atoms with E-state index in [0.29, 0.717) is 29.4 Å². The van der Waals surface area contributed by atoms with Crippen LogP contribution in [0.3, 0.4) is 0 Å². The number of halogens is 1. The maximum Gasteiger partial charge on any atom is 0.135 e. The Morgan fingerprint density at radius 2 is 1.90 bits per heavy atom. The Hall–Kier alpha value is -2.09. The predicted molar refractivity (Wildman–Crippen MR) is 136 cm³/mol. The number of nitrogens with zero attached hydrogens (tertiary/aromatic N) is 1. The predicted octanol–water partition coefficient (Wildman–Crippen LogP) is 8.72. The van der Waals surface area contributed by atoms with Crippen LogP contribution in [0.4, 0.5) is 4.39 Å². The van der Waals surface area contributed by atoms with Crippen molar-refractivity contribution >= 4 is 0 Å². The minimum atomic E-state index is -0.233. The molecule has 1 aliphatic carbocycles.